The number of phosphoric ester groups is 1. The fraction of sp³-hybridized carbons (Fsp3) is 0.812. The Morgan fingerprint density at radius 1 is 0.579 bits per heavy atom. The molecular formula is C48H92N2O6P+. The number of nitrogens with one attached hydrogen (secondary N) is 1. The molecule has 0 aromatic carbocycles. The highest BCUT2D eigenvalue weighted by atomic mass is 31.2. The van der Waals surface area contributed by atoms with Crippen molar-refractivity contribution < 1.29 is 32.9 Å². The Bertz CT molecular complexity index is 1070. The number of carbonyl (C=O) groups is 1. The van der Waals surface area contributed by atoms with Gasteiger partial charge in [-0.2, -0.15) is 0 Å². The van der Waals surface area contributed by atoms with Crippen molar-refractivity contribution in [3.63, 3.8) is 0 Å². The smallest absolute Gasteiger partial charge is 0.387 e. The second kappa shape index (κ2) is 39.9. The van der Waals surface area contributed by atoms with E-state index in [1.807, 2.05) is 27.2 Å². The van der Waals surface area contributed by atoms with Crippen LogP contribution in [0.5, 0.6) is 0 Å². The van der Waals surface area contributed by atoms with Gasteiger partial charge in [-0.05, 0) is 70.6 Å². The van der Waals surface area contributed by atoms with Gasteiger partial charge in [0.05, 0.1) is 39.9 Å². The van der Waals surface area contributed by atoms with Crippen molar-refractivity contribution >= 4 is 13.7 Å². The van der Waals surface area contributed by atoms with Crippen molar-refractivity contribution in [2.75, 3.05) is 40.9 Å². The first-order valence-corrected chi connectivity index (χ1v) is 25.0. The molecular weight excluding hydrogens is 732 g/mol. The summed E-state index contributed by atoms with van der Waals surface area (Å²) < 4.78 is 23.5. The highest BCUT2D eigenvalue weighted by Crippen LogP contribution is 2.43. The van der Waals surface area contributed by atoms with Gasteiger partial charge in [0.2, 0.25) is 5.91 Å². The van der Waals surface area contributed by atoms with Crippen LogP contribution in [0.15, 0.2) is 48.6 Å². The molecule has 3 N–H and O–H groups in total. The van der Waals surface area contributed by atoms with Gasteiger partial charge < -0.3 is 19.8 Å². The zero-order valence-corrected chi connectivity index (χ0v) is 38.7. The molecule has 3 unspecified atom stereocenters. The summed E-state index contributed by atoms with van der Waals surface area (Å²) >= 11 is 0. The molecule has 0 aromatic heterocycles. The van der Waals surface area contributed by atoms with Gasteiger partial charge in [0, 0.05) is 6.42 Å². The summed E-state index contributed by atoms with van der Waals surface area (Å²) in [6.07, 6.45) is 50.5. The van der Waals surface area contributed by atoms with Crippen LogP contribution in [0.4, 0.5) is 0 Å². The van der Waals surface area contributed by atoms with E-state index >= 15 is 0 Å². The molecule has 3 atom stereocenters. The topological polar surface area (TPSA) is 105 Å². The third-order valence-corrected chi connectivity index (χ3v) is 11.2. The predicted molar refractivity (Wildman–Crippen MR) is 244 cm³/mol. The number of phosphoric acid groups is 1. The molecule has 9 heteroatoms. The van der Waals surface area contributed by atoms with Crippen LogP contribution in [0.2, 0.25) is 0 Å². The fourth-order valence-electron chi connectivity index (χ4n) is 6.48. The van der Waals surface area contributed by atoms with E-state index in [1.54, 1.807) is 6.08 Å². The standard InChI is InChI=1S/C48H91N2O6P/c1-6-8-10-12-14-16-18-20-21-22-23-24-25-26-27-28-30-31-33-35-37-39-41-47(51)46(45-56-57(53,54)55-44-43-50(3,4)5)49-48(52)42-40-38-36-34-32-29-19-17-15-13-11-9-7-2/h26-27,29,31-33,39,41,46-47,51H,6-25,28,30,34-38,40,42-45H2,1-5H3,(H-,49,52,53,54)/p+1/b27-26+,32-29-,33-31+,41-39+. The SMILES string of the molecule is CCCCCCCC/C=C\CCCCCC(=O)NC(COP(=O)(O)OCC[N+](C)(C)C)C(O)/C=C/CC/C=C/CC/C=C/CCCCCCCCCCCCCC. The number of likely N-dealkylation sites (N-methyl/N-ethyl adjacent to an activating group) is 1. The zero-order chi connectivity index (χ0) is 42.1. The van der Waals surface area contributed by atoms with Gasteiger partial charge in [-0.1, -0.05) is 172 Å². The molecule has 0 bridgehead atoms. The Hall–Kier alpha value is -1.54. The number of aliphatic hydroxyl groups excluding tert-OH is 1. The van der Waals surface area contributed by atoms with Crippen molar-refractivity contribution in [3.05, 3.63) is 48.6 Å². The molecule has 0 rings (SSSR count). The fourth-order valence-corrected chi connectivity index (χ4v) is 7.21. The molecule has 0 radical (unpaired) electrons. The van der Waals surface area contributed by atoms with Crippen LogP contribution in [-0.4, -0.2) is 73.4 Å². The summed E-state index contributed by atoms with van der Waals surface area (Å²) in [5.41, 5.74) is 0. The lowest BCUT2D eigenvalue weighted by atomic mass is 10.0. The Kier molecular flexibility index (Phi) is 38.8. The summed E-state index contributed by atoms with van der Waals surface area (Å²) in [5.74, 6) is -0.209. The lowest BCUT2D eigenvalue weighted by Gasteiger charge is -2.25. The van der Waals surface area contributed by atoms with Crippen LogP contribution >= 0.6 is 7.82 Å². The Balaban J connectivity index is 4.46. The first kappa shape index (κ1) is 55.5. The minimum Gasteiger partial charge on any atom is -0.387 e. The number of unbranched alkanes of at least 4 members (excludes halogenated alkanes) is 23. The normalized spacial score (nSPS) is 14.7. The van der Waals surface area contributed by atoms with Gasteiger partial charge in [0.1, 0.15) is 13.2 Å². The van der Waals surface area contributed by atoms with Crippen molar-refractivity contribution in [1.29, 1.82) is 0 Å². The third-order valence-electron chi connectivity index (χ3n) is 10.2. The second-order valence-electron chi connectivity index (χ2n) is 17.1. The maximum atomic E-state index is 12.8. The number of hydrogen-bond donors (Lipinski definition) is 3. The molecule has 0 saturated carbocycles. The van der Waals surface area contributed by atoms with Gasteiger partial charge in [-0.3, -0.25) is 13.8 Å². The lowest BCUT2D eigenvalue weighted by Crippen LogP contribution is -2.45. The van der Waals surface area contributed by atoms with E-state index in [0.29, 0.717) is 17.4 Å². The van der Waals surface area contributed by atoms with E-state index in [4.69, 9.17) is 9.05 Å². The molecule has 0 saturated heterocycles. The number of carbonyl (C=O) groups excluding carboxylic acids is 1. The van der Waals surface area contributed by atoms with Crippen LogP contribution in [0, 0.1) is 0 Å². The highest BCUT2D eigenvalue weighted by Gasteiger charge is 2.27. The summed E-state index contributed by atoms with van der Waals surface area (Å²) in [5, 5.41) is 13.8. The predicted octanol–water partition coefficient (Wildman–Crippen LogP) is 13.2. The van der Waals surface area contributed by atoms with Crippen LogP contribution in [-0.2, 0) is 18.4 Å². The number of aliphatic hydroxyl groups is 1. The lowest BCUT2D eigenvalue weighted by molar-refractivity contribution is -0.870. The zero-order valence-electron chi connectivity index (χ0n) is 37.8. The van der Waals surface area contributed by atoms with Gasteiger partial charge in [0.15, 0.2) is 0 Å². The first-order valence-electron chi connectivity index (χ1n) is 23.5. The monoisotopic (exact) mass is 824 g/mol. The van der Waals surface area contributed by atoms with Gasteiger partial charge >= 0.3 is 7.82 Å². The van der Waals surface area contributed by atoms with E-state index in [9.17, 15) is 19.4 Å². The van der Waals surface area contributed by atoms with Gasteiger partial charge in [-0.25, -0.2) is 4.57 Å². The average molecular weight is 824 g/mol. The van der Waals surface area contributed by atoms with E-state index in [1.165, 1.54) is 122 Å². The summed E-state index contributed by atoms with van der Waals surface area (Å²) in [6.45, 7) is 4.76. The number of allylic oxidation sites excluding steroid dienone is 7. The van der Waals surface area contributed by atoms with Crippen molar-refractivity contribution in [3.8, 4) is 0 Å². The van der Waals surface area contributed by atoms with Gasteiger partial charge in [-0.15, -0.1) is 0 Å². The molecule has 0 heterocycles. The molecule has 0 aliphatic carbocycles. The van der Waals surface area contributed by atoms with Crippen molar-refractivity contribution in [2.45, 2.75) is 212 Å². The van der Waals surface area contributed by atoms with Crippen molar-refractivity contribution in [2.24, 2.45) is 0 Å². The molecule has 1 amide bonds. The molecule has 0 aromatic rings. The minimum atomic E-state index is -4.35. The van der Waals surface area contributed by atoms with Crippen LogP contribution in [0.25, 0.3) is 0 Å². The Morgan fingerprint density at radius 2 is 0.965 bits per heavy atom. The molecule has 0 aliphatic heterocycles. The summed E-state index contributed by atoms with van der Waals surface area (Å²) in [6, 6.07) is -0.877. The summed E-state index contributed by atoms with van der Waals surface area (Å²) in [4.78, 5) is 23.1. The van der Waals surface area contributed by atoms with E-state index in [-0.39, 0.29) is 19.1 Å². The quantitative estimate of drug-likeness (QED) is 0.0245. The van der Waals surface area contributed by atoms with E-state index in [0.717, 1.165) is 57.8 Å². The Morgan fingerprint density at radius 3 is 1.40 bits per heavy atom. The largest absolute Gasteiger partial charge is 0.472 e. The number of quaternary nitrogens is 1. The number of nitrogens with zero attached hydrogens (tertiary/aromatic N) is 1. The molecule has 334 valence electrons. The molecule has 0 aliphatic rings. The maximum absolute atomic E-state index is 12.8. The van der Waals surface area contributed by atoms with Crippen LogP contribution < -0.4 is 5.32 Å². The second-order valence-corrected chi connectivity index (χ2v) is 18.6. The Labute approximate surface area is 352 Å². The molecule has 8 nitrogen and oxygen atoms in total. The van der Waals surface area contributed by atoms with E-state index < -0.39 is 20.0 Å². The summed E-state index contributed by atoms with van der Waals surface area (Å²) in [7, 11) is 1.53. The third kappa shape index (κ3) is 42.4. The first-order chi connectivity index (χ1) is 27.5. The number of hydrogen-bond acceptors (Lipinski definition) is 5. The van der Waals surface area contributed by atoms with Crippen LogP contribution in [0.1, 0.15) is 200 Å². The molecule has 57 heavy (non-hydrogen) atoms. The van der Waals surface area contributed by atoms with Crippen LogP contribution in [0.3, 0.4) is 0 Å². The maximum Gasteiger partial charge on any atom is 0.472 e. The van der Waals surface area contributed by atoms with Crippen molar-refractivity contribution in [1.82, 2.24) is 5.32 Å². The number of amides is 1. The molecule has 0 spiro atoms. The van der Waals surface area contributed by atoms with E-state index in [2.05, 4.69) is 55.6 Å². The average Bonchev–Trinajstić information content (AvgIpc) is 3.16. The number of rotatable bonds is 42. The minimum absolute atomic E-state index is 0.0499. The molecule has 0 fully saturated rings. The highest BCUT2D eigenvalue weighted by molar-refractivity contribution is 7.47. The van der Waals surface area contributed by atoms with Gasteiger partial charge in [0.25, 0.3) is 0 Å².